The van der Waals surface area contributed by atoms with Crippen LogP contribution in [0.2, 0.25) is 0 Å². The minimum atomic E-state index is -0.621. The lowest BCUT2D eigenvalue weighted by atomic mass is 10.1. The molecule has 0 aliphatic heterocycles. The summed E-state index contributed by atoms with van der Waals surface area (Å²) in [6.45, 7) is -0.151. The molecule has 5 heteroatoms. The van der Waals surface area contributed by atoms with Gasteiger partial charge in [0.25, 0.3) is 0 Å². The number of anilines is 1. The summed E-state index contributed by atoms with van der Waals surface area (Å²) in [7, 11) is 1.46. The third kappa shape index (κ3) is 2.88. The number of benzene rings is 2. The van der Waals surface area contributed by atoms with Gasteiger partial charge in [-0.3, -0.25) is 0 Å². The number of hydrogen-bond donors (Lipinski definition) is 1. The van der Waals surface area contributed by atoms with E-state index in [-0.39, 0.29) is 17.9 Å². The SMILES string of the molecule is COc1cccc(C(=O)OCc2ccccc2F)c1N. The molecule has 4 nitrogen and oxygen atoms in total. The quantitative estimate of drug-likeness (QED) is 0.688. The molecule has 0 atom stereocenters. The highest BCUT2D eigenvalue weighted by Gasteiger charge is 2.15. The van der Waals surface area contributed by atoms with Crippen molar-refractivity contribution >= 4 is 11.7 Å². The molecule has 0 amide bonds. The van der Waals surface area contributed by atoms with Crippen LogP contribution in [0.4, 0.5) is 10.1 Å². The zero-order valence-electron chi connectivity index (χ0n) is 10.9. The maximum absolute atomic E-state index is 13.4. The van der Waals surface area contributed by atoms with Crippen molar-refractivity contribution in [2.24, 2.45) is 0 Å². The van der Waals surface area contributed by atoms with Gasteiger partial charge in [0.05, 0.1) is 18.4 Å². The highest BCUT2D eigenvalue weighted by molar-refractivity contribution is 5.96. The molecule has 0 bridgehead atoms. The number of para-hydroxylation sites is 1. The Morgan fingerprint density at radius 3 is 2.65 bits per heavy atom. The molecule has 0 spiro atoms. The fraction of sp³-hybridized carbons (Fsp3) is 0.133. The van der Waals surface area contributed by atoms with Crippen LogP contribution in [0, 0.1) is 5.82 Å². The Kier molecular flexibility index (Phi) is 4.20. The van der Waals surface area contributed by atoms with E-state index in [1.54, 1.807) is 30.3 Å². The van der Waals surface area contributed by atoms with Crippen molar-refractivity contribution < 1.29 is 18.7 Å². The molecule has 2 N–H and O–H groups in total. The largest absolute Gasteiger partial charge is 0.495 e. The first kappa shape index (κ1) is 13.9. The molecule has 0 aliphatic carbocycles. The van der Waals surface area contributed by atoms with Crippen molar-refractivity contribution in [3.63, 3.8) is 0 Å². The van der Waals surface area contributed by atoms with E-state index >= 15 is 0 Å². The minimum Gasteiger partial charge on any atom is -0.495 e. The van der Waals surface area contributed by atoms with Crippen LogP contribution in [0.1, 0.15) is 15.9 Å². The zero-order chi connectivity index (χ0) is 14.5. The van der Waals surface area contributed by atoms with Gasteiger partial charge < -0.3 is 15.2 Å². The van der Waals surface area contributed by atoms with Crippen molar-refractivity contribution in [1.29, 1.82) is 0 Å². The van der Waals surface area contributed by atoms with Gasteiger partial charge in [-0.2, -0.15) is 0 Å². The fourth-order valence-electron chi connectivity index (χ4n) is 1.74. The lowest BCUT2D eigenvalue weighted by Gasteiger charge is -2.10. The smallest absolute Gasteiger partial charge is 0.340 e. The highest BCUT2D eigenvalue weighted by Crippen LogP contribution is 2.25. The first-order valence-corrected chi connectivity index (χ1v) is 5.96. The molecular weight excluding hydrogens is 261 g/mol. The summed E-state index contributed by atoms with van der Waals surface area (Å²) in [6.07, 6.45) is 0. The van der Waals surface area contributed by atoms with E-state index in [4.69, 9.17) is 15.2 Å². The number of nitrogen functional groups attached to an aromatic ring is 1. The third-order valence-corrected chi connectivity index (χ3v) is 2.82. The Morgan fingerprint density at radius 2 is 1.95 bits per heavy atom. The number of rotatable bonds is 4. The lowest BCUT2D eigenvalue weighted by molar-refractivity contribution is 0.0470. The molecule has 0 fully saturated rings. The number of hydrogen-bond acceptors (Lipinski definition) is 4. The number of esters is 1. The van der Waals surface area contributed by atoms with E-state index in [9.17, 15) is 9.18 Å². The molecule has 104 valence electrons. The van der Waals surface area contributed by atoms with Crippen LogP contribution in [0.15, 0.2) is 42.5 Å². The van der Waals surface area contributed by atoms with Crippen molar-refractivity contribution in [2.45, 2.75) is 6.61 Å². The summed E-state index contributed by atoms with van der Waals surface area (Å²) in [5, 5.41) is 0. The van der Waals surface area contributed by atoms with E-state index in [1.165, 1.54) is 19.2 Å². The average Bonchev–Trinajstić information content (AvgIpc) is 2.46. The summed E-state index contributed by atoms with van der Waals surface area (Å²) in [6, 6.07) is 10.9. The van der Waals surface area contributed by atoms with Crippen LogP contribution in [-0.4, -0.2) is 13.1 Å². The molecule has 0 aliphatic rings. The van der Waals surface area contributed by atoms with E-state index in [1.807, 2.05) is 0 Å². The Hall–Kier alpha value is -2.56. The summed E-state index contributed by atoms with van der Waals surface area (Å²) in [5.74, 6) is -0.645. The van der Waals surface area contributed by atoms with Gasteiger partial charge in [0.2, 0.25) is 0 Å². The van der Waals surface area contributed by atoms with Crippen LogP contribution in [0.25, 0.3) is 0 Å². The van der Waals surface area contributed by atoms with Crippen LogP contribution in [-0.2, 0) is 11.3 Å². The summed E-state index contributed by atoms with van der Waals surface area (Å²) >= 11 is 0. The lowest BCUT2D eigenvalue weighted by Crippen LogP contribution is -2.09. The predicted octanol–water partition coefficient (Wildman–Crippen LogP) is 2.77. The first-order chi connectivity index (χ1) is 9.63. The van der Waals surface area contributed by atoms with Gasteiger partial charge in [-0.25, -0.2) is 9.18 Å². The van der Waals surface area contributed by atoms with E-state index in [0.717, 1.165) is 0 Å². The number of carbonyl (C=O) groups is 1. The molecule has 0 saturated carbocycles. The Bertz CT molecular complexity index is 628. The molecule has 0 aromatic heterocycles. The molecule has 0 saturated heterocycles. The molecule has 0 unspecified atom stereocenters. The van der Waals surface area contributed by atoms with Crippen LogP contribution in [0.3, 0.4) is 0 Å². The fourth-order valence-corrected chi connectivity index (χ4v) is 1.74. The van der Waals surface area contributed by atoms with Crippen molar-refractivity contribution in [2.75, 3.05) is 12.8 Å². The number of nitrogens with two attached hydrogens (primary N) is 1. The summed E-state index contributed by atoms with van der Waals surface area (Å²) < 4.78 is 23.5. The number of halogens is 1. The molecule has 2 aromatic rings. The monoisotopic (exact) mass is 275 g/mol. The topological polar surface area (TPSA) is 61.5 Å². The van der Waals surface area contributed by atoms with E-state index in [2.05, 4.69) is 0 Å². The summed E-state index contributed by atoms with van der Waals surface area (Å²) in [5.41, 5.74) is 6.50. The van der Waals surface area contributed by atoms with Gasteiger partial charge in [-0.15, -0.1) is 0 Å². The predicted molar refractivity (Wildman–Crippen MR) is 72.9 cm³/mol. The van der Waals surface area contributed by atoms with Crippen molar-refractivity contribution in [3.8, 4) is 5.75 Å². The normalized spacial score (nSPS) is 10.1. The second-order valence-electron chi connectivity index (χ2n) is 4.09. The second kappa shape index (κ2) is 6.06. The van der Waals surface area contributed by atoms with Crippen molar-refractivity contribution in [3.05, 3.63) is 59.4 Å². The van der Waals surface area contributed by atoms with Crippen LogP contribution < -0.4 is 10.5 Å². The first-order valence-electron chi connectivity index (χ1n) is 5.96. The molecule has 2 rings (SSSR count). The third-order valence-electron chi connectivity index (χ3n) is 2.82. The van der Waals surface area contributed by atoms with Gasteiger partial charge >= 0.3 is 5.97 Å². The molecule has 0 radical (unpaired) electrons. The number of carbonyl (C=O) groups excluding carboxylic acids is 1. The molecule has 20 heavy (non-hydrogen) atoms. The minimum absolute atomic E-state index is 0.151. The van der Waals surface area contributed by atoms with E-state index < -0.39 is 11.8 Å². The standard InChI is InChI=1S/C15H14FNO3/c1-19-13-8-4-6-11(14(13)17)15(18)20-9-10-5-2-3-7-12(10)16/h2-8H,9,17H2,1H3. The van der Waals surface area contributed by atoms with Gasteiger partial charge in [0, 0.05) is 5.56 Å². The maximum Gasteiger partial charge on any atom is 0.340 e. The van der Waals surface area contributed by atoms with Crippen LogP contribution >= 0.6 is 0 Å². The van der Waals surface area contributed by atoms with Gasteiger partial charge in [-0.05, 0) is 18.2 Å². The van der Waals surface area contributed by atoms with E-state index in [0.29, 0.717) is 11.3 Å². The Labute approximate surface area is 115 Å². The number of methoxy groups -OCH3 is 1. The zero-order valence-corrected chi connectivity index (χ0v) is 10.9. The summed E-state index contributed by atoms with van der Waals surface area (Å²) in [4.78, 5) is 11.9. The molecular formula is C15H14FNO3. The van der Waals surface area contributed by atoms with Gasteiger partial charge in [0.1, 0.15) is 18.2 Å². The Balaban J connectivity index is 2.12. The Morgan fingerprint density at radius 1 is 1.20 bits per heavy atom. The number of ether oxygens (including phenoxy) is 2. The molecule has 0 heterocycles. The van der Waals surface area contributed by atoms with Crippen LogP contribution in [0.5, 0.6) is 5.75 Å². The molecule has 2 aromatic carbocycles. The maximum atomic E-state index is 13.4. The average molecular weight is 275 g/mol. The van der Waals surface area contributed by atoms with Crippen molar-refractivity contribution in [1.82, 2.24) is 0 Å². The van der Waals surface area contributed by atoms with Gasteiger partial charge in [0.15, 0.2) is 0 Å². The second-order valence-corrected chi connectivity index (χ2v) is 4.09. The highest BCUT2D eigenvalue weighted by atomic mass is 19.1. The van der Waals surface area contributed by atoms with Gasteiger partial charge in [-0.1, -0.05) is 24.3 Å².